The molecule has 0 radical (unpaired) electrons. The van der Waals surface area contributed by atoms with Gasteiger partial charge in [-0.25, -0.2) is 0 Å². The van der Waals surface area contributed by atoms with Gasteiger partial charge in [-0.3, -0.25) is 14.4 Å². The van der Waals surface area contributed by atoms with Crippen molar-refractivity contribution < 1.29 is 9.59 Å². The third-order valence-corrected chi connectivity index (χ3v) is 7.95. The second-order valence-electron chi connectivity index (χ2n) is 10.2. The molecule has 2 amide bonds. The van der Waals surface area contributed by atoms with E-state index in [1.165, 1.54) is 0 Å². The van der Waals surface area contributed by atoms with Gasteiger partial charge in [0.2, 0.25) is 5.91 Å². The Balaban J connectivity index is 1.43. The molecule has 3 fully saturated rings. The molecule has 1 saturated carbocycles. The normalized spacial score (nSPS) is 31.2. The van der Waals surface area contributed by atoms with E-state index in [0.29, 0.717) is 24.9 Å². The molecule has 1 aromatic heterocycles. The Hall–Kier alpha value is -2.11. The molecule has 4 rings (SSSR count). The van der Waals surface area contributed by atoms with Crippen molar-refractivity contribution in [2.24, 2.45) is 22.7 Å². The van der Waals surface area contributed by atoms with E-state index in [4.69, 9.17) is 0 Å². The van der Waals surface area contributed by atoms with Crippen molar-refractivity contribution in [1.82, 2.24) is 14.8 Å². The number of hydrogen-bond acceptors (Lipinski definition) is 3. The molecule has 2 saturated heterocycles. The van der Waals surface area contributed by atoms with Gasteiger partial charge in [-0.15, -0.1) is 0 Å². The first-order valence-corrected chi connectivity index (χ1v) is 10.8. The van der Waals surface area contributed by atoms with Crippen LogP contribution in [0, 0.1) is 36.5 Å². The van der Waals surface area contributed by atoms with E-state index in [1.807, 2.05) is 29.7 Å². The summed E-state index contributed by atoms with van der Waals surface area (Å²) in [5.41, 5.74) is 1.57. The van der Waals surface area contributed by atoms with Crippen molar-refractivity contribution in [2.45, 2.75) is 53.9 Å². The number of amides is 2. The van der Waals surface area contributed by atoms with Crippen molar-refractivity contribution in [2.75, 3.05) is 26.2 Å². The number of pyridine rings is 1. The minimum atomic E-state index is -0.307. The van der Waals surface area contributed by atoms with Crippen LogP contribution in [0.1, 0.15) is 61.6 Å². The van der Waals surface area contributed by atoms with E-state index in [1.54, 1.807) is 0 Å². The van der Waals surface area contributed by atoms with Gasteiger partial charge in [-0.1, -0.05) is 20.8 Å². The molecule has 0 bridgehead atoms. The lowest BCUT2D eigenvalue weighted by molar-refractivity contribution is -0.133. The summed E-state index contributed by atoms with van der Waals surface area (Å²) in [6.07, 6.45) is 2.83. The van der Waals surface area contributed by atoms with Crippen LogP contribution in [0.5, 0.6) is 0 Å². The van der Waals surface area contributed by atoms with Gasteiger partial charge in [-0.05, 0) is 56.1 Å². The SMILES string of the molecule is Cc1cc(C)c(C(=O)N2CCC3(CCN(C(=O)C4CC4(C)C(C)C)C3)C2)c(=O)[nH]1. The van der Waals surface area contributed by atoms with Gasteiger partial charge in [0.1, 0.15) is 5.56 Å². The fraction of sp³-hybridized carbons (Fsp3) is 0.696. The van der Waals surface area contributed by atoms with Crippen LogP contribution in [0.2, 0.25) is 0 Å². The maximum atomic E-state index is 13.1. The van der Waals surface area contributed by atoms with Gasteiger partial charge in [0.15, 0.2) is 0 Å². The van der Waals surface area contributed by atoms with Gasteiger partial charge >= 0.3 is 0 Å². The smallest absolute Gasteiger partial charge is 0.261 e. The molecule has 0 aromatic carbocycles. The maximum Gasteiger partial charge on any atom is 0.261 e. The molecule has 6 heteroatoms. The van der Waals surface area contributed by atoms with Crippen LogP contribution in [0.15, 0.2) is 10.9 Å². The number of nitrogens with one attached hydrogen (secondary N) is 1. The van der Waals surface area contributed by atoms with Gasteiger partial charge < -0.3 is 14.8 Å². The van der Waals surface area contributed by atoms with E-state index in [-0.39, 0.29) is 33.8 Å². The summed E-state index contributed by atoms with van der Waals surface area (Å²) in [7, 11) is 0. The highest BCUT2D eigenvalue weighted by atomic mass is 16.2. The Morgan fingerprint density at radius 2 is 1.76 bits per heavy atom. The standard InChI is InChI=1S/C23H33N3O3/c1-14(2)22(5)11-17(22)20(28)25-8-6-23(12-25)7-9-26(13-23)21(29)18-15(3)10-16(4)24-19(18)27/h10,14,17H,6-9,11-13H2,1-5H3,(H,24,27). The number of aromatic nitrogens is 1. The second kappa shape index (κ2) is 6.71. The number of likely N-dealkylation sites (tertiary alicyclic amines) is 2. The van der Waals surface area contributed by atoms with E-state index in [9.17, 15) is 14.4 Å². The van der Waals surface area contributed by atoms with E-state index < -0.39 is 0 Å². The van der Waals surface area contributed by atoms with Gasteiger partial charge in [0.05, 0.1) is 0 Å². The van der Waals surface area contributed by atoms with Crippen LogP contribution in [0.3, 0.4) is 0 Å². The van der Waals surface area contributed by atoms with E-state index in [0.717, 1.165) is 43.6 Å². The zero-order chi connectivity index (χ0) is 21.1. The molecule has 158 valence electrons. The molecule has 3 heterocycles. The average molecular weight is 400 g/mol. The lowest BCUT2D eigenvalue weighted by Crippen LogP contribution is -2.38. The van der Waals surface area contributed by atoms with Crippen molar-refractivity contribution in [3.8, 4) is 0 Å². The number of rotatable bonds is 3. The Bertz CT molecular complexity index is 920. The van der Waals surface area contributed by atoms with Gasteiger partial charge in [0.25, 0.3) is 11.5 Å². The molecular weight excluding hydrogens is 366 g/mol. The molecule has 3 aliphatic rings. The monoisotopic (exact) mass is 399 g/mol. The molecular formula is C23H33N3O3. The number of carbonyl (C=O) groups is 2. The molecule has 1 aromatic rings. The maximum absolute atomic E-state index is 13.1. The van der Waals surface area contributed by atoms with Gasteiger partial charge in [0, 0.05) is 43.2 Å². The van der Waals surface area contributed by atoms with Crippen molar-refractivity contribution in [3.05, 3.63) is 33.2 Å². The summed E-state index contributed by atoms with van der Waals surface area (Å²) in [4.78, 5) is 45.0. The van der Waals surface area contributed by atoms with Crippen LogP contribution in [-0.2, 0) is 4.79 Å². The fourth-order valence-corrected chi connectivity index (χ4v) is 5.45. The highest BCUT2D eigenvalue weighted by molar-refractivity contribution is 5.95. The Morgan fingerprint density at radius 1 is 1.14 bits per heavy atom. The zero-order valence-electron chi connectivity index (χ0n) is 18.3. The molecule has 2 aliphatic heterocycles. The summed E-state index contributed by atoms with van der Waals surface area (Å²) in [6.45, 7) is 13.1. The molecule has 1 aliphatic carbocycles. The second-order valence-corrected chi connectivity index (χ2v) is 10.2. The quantitative estimate of drug-likeness (QED) is 0.849. The molecule has 6 nitrogen and oxygen atoms in total. The number of carbonyl (C=O) groups excluding carboxylic acids is 2. The largest absolute Gasteiger partial charge is 0.342 e. The van der Waals surface area contributed by atoms with Crippen molar-refractivity contribution in [3.63, 3.8) is 0 Å². The Kier molecular flexibility index (Phi) is 4.67. The van der Waals surface area contributed by atoms with Crippen LogP contribution >= 0.6 is 0 Å². The fourth-order valence-electron chi connectivity index (χ4n) is 5.45. The first-order valence-electron chi connectivity index (χ1n) is 10.8. The van der Waals surface area contributed by atoms with Crippen LogP contribution < -0.4 is 5.56 Å². The minimum absolute atomic E-state index is 0.0141. The first-order chi connectivity index (χ1) is 13.6. The Morgan fingerprint density at radius 3 is 2.34 bits per heavy atom. The molecule has 29 heavy (non-hydrogen) atoms. The number of hydrogen-bond donors (Lipinski definition) is 1. The number of aryl methyl sites for hydroxylation is 2. The summed E-state index contributed by atoms with van der Waals surface area (Å²) >= 11 is 0. The van der Waals surface area contributed by atoms with E-state index in [2.05, 4.69) is 25.8 Å². The van der Waals surface area contributed by atoms with Gasteiger partial charge in [-0.2, -0.15) is 0 Å². The number of aromatic amines is 1. The van der Waals surface area contributed by atoms with Crippen molar-refractivity contribution in [1.29, 1.82) is 0 Å². The lowest BCUT2D eigenvalue weighted by atomic mass is 9.86. The van der Waals surface area contributed by atoms with Crippen LogP contribution in [0.25, 0.3) is 0 Å². The third-order valence-electron chi connectivity index (χ3n) is 7.95. The molecule has 3 atom stereocenters. The summed E-state index contributed by atoms with van der Waals surface area (Å²) in [5.74, 6) is 0.794. The summed E-state index contributed by atoms with van der Waals surface area (Å²) < 4.78 is 0. The third kappa shape index (κ3) is 3.30. The van der Waals surface area contributed by atoms with Crippen LogP contribution in [0.4, 0.5) is 0 Å². The number of H-pyrrole nitrogens is 1. The lowest BCUT2D eigenvalue weighted by Gasteiger charge is -2.25. The molecule has 3 unspecified atom stereocenters. The predicted molar refractivity (Wildman–Crippen MR) is 112 cm³/mol. The first kappa shape index (κ1) is 20.2. The van der Waals surface area contributed by atoms with Crippen LogP contribution in [-0.4, -0.2) is 52.8 Å². The average Bonchev–Trinajstić information content (AvgIpc) is 3.01. The number of nitrogens with zero attached hydrogens (tertiary/aromatic N) is 2. The molecule has 1 N–H and O–H groups in total. The highest BCUT2D eigenvalue weighted by Crippen LogP contribution is 2.58. The van der Waals surface area contributed by atoms with E-state index >= 15 is 0 Å². The highest BCUT2D eigenvalue weighted by Gasteiger charge is 2.58. The Labute approximate surface area is 172 Å². The molecule has 1 spiro atoms. The minimum Gasteiger partial charge on any atom is -0.342 e. The van der Waals surface area contributed by atoms with Crippen molar-refractivity contribution >= 4 is 11.8 Å². The zero-order valence-corrected chi connectivity index (χ0v) is 18.3. The summed E-state index contributed by atoms with van der Waals surface area (Å²) in [6, 6.07) is 1.85. The predicted octanol–water partition coefficient (Wildman–Crippen LogP) is 2.74. The summed E-state index contributed by atoms with van der Waals surface area (Å²) in [5, 5.41) is 0. The topological polar surface area (TPSA) is 73.5 Å².